The molecule has 2 aromatic carbocycles. The van der Waals surface area contributed by atoms with E-state index in [1.54, 1.807) is 29.2 Å². The van der Waals surface area contributed by atoms with E-state index in [1.165, 1.54) is 23.1 Å². The Morgan fingerprint density at radius 3 is 2.68 bits per heavy atom. The molecule has 1 atom stereocenters. The van der Waals surface area contributed by atoms with Crippen LogP contribution in [-0.4, -0.2) is 45.3 Å². The highest BCUT2D eigenvalue weighted by molar-refractivity contribution is 8.15. The van der Waals surface area contributed by atoms with Gasteiger partial charge in [0, 0.05) is 18.7 Å². The third-order valence-corrected chi connectivity index (χ3v) is 6.74. The second-order valence-electron chi connectivity index (χ2n) is 6.76. The molecule has 1 saturated heterocycles. The van der Waals surface area contributed by atoms with Crippen molar-refractivity contribution in [2.45, 2.75) is 25.5 Å². The average molecular weight is 455 g/mol. The summed E-state index contributed by atoms with van der Waals surface area (Å²) < 4.78 is 6.45. The molecule has 0 spiro atoms. The van der Waals surface area contributed by atoms with Crippen molar-refractivity contribution in [1.29, 1.82) is 0 Å². The summed E-state index contributed by atoms with van der Waals surface area (Å²) in [6.07, 6.45) is 0.0755. The zero-order valence-corrected chi connectivity index (χ0v) is 18.8. The van der Waals surface area contributed by atoms with Crippen molar-refractivity contribution in [2.75, 3.05) is 18.5 Å². The highest BCUT2D eigenvalue weighted by atomic mass is 32.2. The van der Waals surface area contributed by atoms with E-state index in [1.807, 2.05) is 38.1 Å². The van der Waals surface area contributed by atoms with E-state index in [2.05, 4.69) is 15.3 Å². The molecule has 1 fully saturated rings. The number of thioether (sulfide) groups is 1. The number of para-hydroxylation sites is 1. The van der Waals surface area contributed by atoms with E-state index in [-0.39, 0.29) is 18.2 Å². The molecule has 9 heteroatoms. The second kappa shape index (κ2) is 9.49. The summed E-state index contributed by atoms with van der Waals surface area (Å²) in [5.41, 5.74) is 1.55. The number of benzene rings is 2. The van der Waals surface area contributed by atoms with E-state index in [4.69, 9.17) is 4.74 Å². The van der Waals surface area contributed by atoms with E-state index >= 15 is 0 Å². The standard InChI is InChI=1S/C22H22N4O3S2/c1-3-26-20(28)18(13-19(27)23-14-9-11-15(12-10-14)29-4-2)31-22(26)25-21-24-16-7-5-6-8-17(16)30-21/h5-12,18H,3-4,13H2,1-2H3,(H,23,27). The zero-order chi connectivity index (χ0) is 21.8. The number of amidine groups is 1. The van der Waals surface area contributed by atoms with Crippen LogP contribution in [0.25, 0.3) is 10.2 Å². The number of rotatable bonds is 7. The van der Waals surface area contributed by atoms with Crippen molar-refractivity contribution in [1.82, 2.24) is 9.88 Å². The molecule has 0 radical (unpaired) electrons. The van der Waals surface area contributed by atoms with Crippen molar-refractivity contribution < 1.29 is 14.3 Å². The molecule has 1 aliphatic rings. The molecule has 160 valence electrons. The zero-order valence-electron chi connectivity index (χ0n) is 17.2. The van der Waals surface area contributed by atoms with Gasteiger partial charge in [-0.15, -0.1) is 0 Å². The summed E-state index contributed by atoms with van der Waals surface area (Å²) in [5, 5.41) is 3.54. The third-order valence-electron chi connectivity index (χ3n) is 4.63. The van der Waals surface area contributed by atoms with Crippen molar-refractivity contribution in [3.8, 4) is 5.75 Å². The number of aliphatic imine (C=N–C) groups is 1. The first kappa shape index (κ1) is 21.3. The normalized spacial score (nSPS) is 17.5. The van der Waals surface area contributed by atoms with Crippen LogP contribution in [0.2, 0.25) is 0 Å². The van der Waals surface area contributed by atoms with Gasteiger partial charge in [-0.25, -0.2) is 4.98 Å². The highest BCUT2D eigenvalue weighted by Gasteiger charge is 2.38. The Morgan fingerprint density at radius 2 is 1.97 bits per heavy atom. The van der Waals surface area contributed by atoms with Gasteiger partial charge >= 0.3 is 0 Å². The minimum Gasteiger partial charge on any atom is -0.494 e. The number of aromatic nitrogens is 1. The smallest absolute Gasteiger partial charge is 0.242 e. The van der Waals surface area contributed by atoms with Gasteiger partial charge in [0.25, 0.3) is 0 Å². The molecule has 0 aliphatic carbocycles. The first-order valence-electron chi connectivity index (χ1n) is 10.0. The number of amides is 2. The molecule has 1 aromatic heterocycles. The summed E-state index contributed by atoms with van der Waals surface area (Å²) in [6.45, 7) is 4.89. The highest BCUT2D eigenvalue weighted by Crippen LogP contribution is 2.34. The van der Waals surface area contributed by atoms with Crippen LogP contribution in [0.3, 0.4) is 0 Å². The molecule has 1 aliphatic heterocycles. The van der Waals surface area contributed by atoms with Gasteiger partial charge in [0.2, 0.25) is 16.9 Å². The van der Waals surface area contributed by atoms with Crippen LogP contribution in [0.4, 0.5) is 10.8 Å². The van der Waals surface area contributed by atoms with Gasteiger partial charge in [0.1, 0.15) is 11.0 Å². The third kappa shape index (κ3) is 4.88. The van der Waals surface area contributed by atoms with Crippen LogP contribution in [0, 0.1) is 0 Å². The van der Waals surface area contributed by atoms with Crippen LogP contribution in [-0.2, 0) is 9.59 Å². The molecule has 2 heterocycles. The van der Waals surface area contributed by atoms with Crippen LogP contribution in [0.15, 0.2) is 53.5 Å². The van der Waals surface area contributed by atoms with Gasteiger partial charge in [-0.1, -0.05) is 35.2 Å². The molecule has 0 bridgehead atoms. The van der Waals surface area contributed by atoms with Crippen LogP contribution >= 0.6 is 23.1 Å². The Labute approximate surface area is 188 Å². The molecular formula is C22H22N4O3S2. The average Bonchev–Trinajstić information content (AvgIpc) is 3.29. The lowest BCUT2D eigenvalue weighted by molar-refractivity contribution is -0.128. The minimum absolute atomic E-state index is 0.0755. The number of hydrogen-bond donors (Lipinski definition) is 1. The van der Waals surface area contributed by atoms with Gasteiger partial charge in [-0.2, -0.15) is 4.99 Å². The number of nitrogens with one attached hydrogen (secondary N) is 1. The van der Waals surface area contributed by atoms with Crippen LogP contribution < -0.4 is 10.1 Å². The van der Waals surface area contributed by atoms with Gasteiger partial charge in [0.05, 0.1) is 16.8 Å². The Kier molecular flexibility index (Phi) is 6.53. The van der Waals surface area contributed by atoms with E-state index in [0.29, 0.717) is 29.1 Å². The summed E-state index contributed by atoms with van der Waals surface area (Å²) in [4.78, 5) is 36.1. The Bertz CT molecular complexity index is 1090. The lowest BCUT2D eigenvalue weighted by atomic mass is 10.2. The van der Waals surface area contributed by atoms with Crippen molar-refractivity contribution in [3.05, 3.63) is 48.5 Å². The number of nitrogens with zero attached hydrogens (tertiary/aromatic N) is 3. The summed E-state index contributed by atoms with van der Waals surface area (Å²) >= 11 is 2.80. The van der Waals surface area contributed by atoms with Crippen molar-refractivity contribution in [3.63, 3.8) is 0 Å². The molecule has 2 amide bonds. The Morgan fingerprint density at radius 1 is 1.19 bits per heavy atom. The van der Waals surface area contributed by atoms with E-state index < -0.39 is 5.25 Å². The molecule has 3 aromatic rings. The molecule has 1 N–H and O–H groups in total. The number of anilines is 1. The lowest BCUT2D eigenvalue weighted by Crippen LogP contribution is -2.33. The summed E-state index contributed by atoms with van der Waals surface area (Å²) in [6, 6.07) is 15.0. The predicted molar refractivity (Wildman–Crippen MR) is 126 cm³/mol. The summed E-state index contributed by atoms with van der Waals surface area (Å²) in [5.74, 6) is 0.429. The molecule has 31 heavy (non-hydrogen) atoms. The van der Waals surface area contributed by atoms with Gasteiger partial charge in [-0.05, 0) is 50.2 Å². The number of thiazole rings is 1. The second-order valence-corrected chi connectivity index (χ2v) is 8.94. The number of carbonyl (C=O) groups is 2. The first-order chi connectivity index (χ1) is 15.1. The molecule has 0 saturated carbocycles. The Balaban J connectivity index is 1.44. The maximum atomic E-state index is 12.8. The number of ether oxygens (including phenoxy) is 1. The maximum Gasteiger partial charge on any atom is 0.242 e. The molecule has 1 unspecified atom stereocenters. The SMILES string of the molecule is CCOc1ccc(NC(=O)CC2SC(=Nc3nc4ccccc4s3)N(CC)C2=O)cc1. The molecular weight excluding hydrogens is 432 g/mol. The largest absolute Gasteiger partial charge is 0.494 e. The van der Waals surface area contributed by atoms with Gasteiger partial charge in [0.15, 0.2) is 5.17 Å². The monoisotopic (exact) mass is 454 g/mol. The maximum absolute atomic E-state index is 12.8. The first-order valence-corrected chi connectivity index (χ1v) is 11.7. The van der Waals surface area contributed by atoms with E-state index in [0.717, 1.165) is 16.0 Å². The number of hydrogen-bond acceptors (Lipinski definition) is 7. The summed E-state index contributed by atoms with van der Waals surface area (Å²) in [7, 11) is 0. The van der Waals surface area contributed by atoms with Crippen LogP contribution in [0.1, 0.15) is 20.3 Å². The fourth-order valence-electron chi connectivity index (χ4n) is 3.19. The van der Waals surface area contributed by atoms with Gasteiger partial charge in [-0.3, -0.25) is 14.5 Å². The fourth-order valence-corrected chi connectivity index (χ4v) is 5.29. The minimum atomic E-state index is -0.504. The van der Waals surface area contributed by atoms with Crippen molar-refractivity contribution >= 4 is 61.1 Å². The van der Waals surface area contributed by atoms with Gasteiger partial charge < -0.3 is 10.1 Å². The lowest BCUT2D eigenvalue weighted by Gasteiger charge is -2.13. The van der Waals surface area contributed by atoms with Crippen molar-refractivity contribution in [2.24, 2.45) is 4.99 Å². The fraction of sp³-hybridized carbons (Fsp3) is 0.273. The topological polar surface area (TPSA) is 83.9 Å². The number of fused-ring (bicyclic) bond motifs is 1. The van der Waals surface area contributed by atoms with Crippen LogP contribution in [0.5, 0.6) is 5.75 Å². The van der Waals surface area contributed by atoms with E-state index in [9.17, 15) is 9.59 Å². The molecule has 4 rings (SSSR count). The Hall–Kier alpha value is -2.91. The molecule has 7 nitrogen and oxygen atoms in total. The quantitative estimate of drug-likeness (QED) is 0.561. The number of carbonyl (C=O) groups excluding carboxylic acids is 2. The predicted octanol–water partition coefficient (Wildman–Crippen LogP) is 4.68.